The standard InChI is InChI=1S/C35H53NO9S/c1-21(2)7-6-8-22(3)26-11-12-27-25-10-9-23-19-24(15-17-34(23,4)28(25)16-18-35(26,27)5)44-31(38)13-14-32(39)45-36-30(37)20-29(33(36)40)46(41,42)43/h9,21-22,24-29H,6-8,10-20H2,1-5H3,(H,41,42,43)/t22-,24+,25+,26-,27+,28+,29?,34+,35-/m1/s1. The predicted molar refractivity (Wildman–Crippen MR) is 170 cm³/mol. The van der Waals surface area contributed by atoms with Crippen molar-refractivity contribution in [2.45, 2.75) is 136 Å². The molecule has 4 fully saturated rings. The Hall–Kier alpha value is -2.27. The molecule has 0 spiro atoms. The van der Waals surface area contributed by atoms with E-state index in [2.05, 4.69) is 40.7 Å². The lowest BCUT2D eigenvalue weighted by Crippen LogP contribution is -2.51. The van der Waals surface area contributed by atoms with Gasteiger partial charge < -0.3 is 9.57 Å². The zero-order chi connectivity index (χ0) is 33.6. The number of amides is 2. The van der Waals surface area contributed by atoms with E-state index in [-0.39, 0.29) is 23.0 Å². The number of carbonyl (C=O) groups is 4. The second-order valence-corrected chi connectivity index (χ2v) is 17.4. The van der Waals surface area contributed by atoms with Gasteiger partial charge in [-0.3, -0.25) is 18.9 Å². The summed E-state index contributed by atoms with van der Waals surface area (Å²) in [6.45, 7) is 12.2. The average Bonchev–Trinajstić information content (AvgIpc) is 3.47. The fourth-order valence-electron chi connectivity index (χ4n) is 10.3. The Kier molecular flexibility index (Phi) is 10.2. The summed E-state index contributed by atoms with van der Waals surface area (Å²) in [6, 6.07) is 0. The maximum Gasteiger partial charge on any atom is 0.333 e. The minimum atomic E-state index is -4.81. The van der Waals surface area contributed by atoms with Crippen molar-refractivity contribution in [1.29, 1.82) is 0 Å². The van der Waals surface area contributed by atoms with Crippen molar-refractivity contribution in [3.8, 4) is 0 Å². The van der Waals surface area contributed by atoms with Crippen molar-refractivity contribution in [1.82, 2.24) is 5.06 Å². The van der Waals surface area contributed by atoms with E-state index in [0.29, 0.717) is 23.7 Å². The van der Waals surface area contributed by atoms with Crippen molar-refractivity contribution in [2.75, 3.05) is 0 Å². The summed E-state index contributed by atoms with van der Waals surface area (Å²) in [7, 11) is -4.81. The van der Waals surface area contributed by atoms with Gasteiger partial charge in [-0.05, 0) is 91.3 Å². The first-order valence-corrected chi connectivity index (χ1v) is 19.0. The average molecular weight is 664 g/mol. The summed E-state index contributed by atoms with van der Waals surface area (Å²) in [5.41, 5.74) is 1.95. The zero-order valence-electron chi connectivity index (χ0n) is 28.2. The molecule has 0 radical (unpaired) electrons. The number of esters is 1. The van der Waals surface area contributed by atoms with Crippen LogP contribution in [0.1, 0.15) is 125 Å². The number of allylic oxidation sites excluding steroid dienone is 1. The molecule has 46 heavy (non-hydrogen) atoms. The molecule has 3 saturated carbocycles. The molecule has 1 N–H and O–H groups in total. The predicted octanol–water partition coefficient (Wildman–Crippen LogP) is 6.19. The highest BCUT2D eigenvalue weighted by Gasteiger charge is 2.59. The van der Waals surface area contributed by atoms with Crippen LogP contribution in [0.2, 0.25) is 0 Å². The summed E-state index contributed by atoms with van der Waals surface area (Å²) in [4.78, 5) is 53.6. The smallest absolute Gasteiger partial charge is 0.333 e. The minimum Gasteiger partial charge on any atom is -0.462 e. The van der Waals surface area contributed by atoms with E-state index in [4.69, 9.17) is 14.1 Å². The number of hydrogen-bond donors (Lipinski definition) is 1. The number of nitrogens with zero attached hydrogens (tertiary/aromatic N) is 1. The van der Waals surface area contributed by atoms with E-state index < -0.39 is 52.0 Å². The van der Waals surface area contributed by atoms with Crippen LogP contribution in [0.15, 0.2) is 11.6 Å². The van der Waals surface area contributed by atoms with Crippen LogP contribution >= 0.6 is 0 Å². The fraction of sp³-hybridized carbons (Fsp3) is 0.829. The maximum absolute atomic E-state index is 12.7. The number of hydroxylamine groups is 2. The van der Waals surface area contributed by atoms with Crippen molar-refractivity contribution in [2.24, 2.45) is 46.3 Å². The van der Waals surface area contributed by atoms with E-state index in [1.807, 2.05) is 0 Å². The summed E-state index contributed by atoms with van der Waals surface area (Å²) in [5, 5.41) is -1.95. The van der Waals surface area contributed by atoms with Crippen molar-refractivity contribution >= 4 is 33.9 Å². The van der Waals surface area contributed by atoms with E-state index in [9.17, 15) is 27.6 Å². The number of imide groups is 1. The van der Waals surface area contributed by atoms with Crippen LogP contribution in [-0.4, -0.2) is 53.1 Å². The Morgan fingerprint density at radius 3 is 2.37 bits per heavy atom. The lowest BCUT2D eigenvalue weighted by Gasteiger charge is -2.58. The second-order valence-electron chi connectivity index (χ2n) is 15.8. The van der Waals surface area contributed by atoms with Gasteiger partial charge in [-0.1, -0.05) is 65.5 Å². The molecule has 5 rings (SSSR count). The molecule has 9 atom stereocenters. The second kappa shape index (κ2) is 13.3. The zero-order valence-corrected chi connectivity index (χ0v) is 29.0. The normalized spacial score (nSPS) is 36.5. The molecule has 258 valence electrons. The van der Waals surface area contributed by atoms with Gasteiger partial charge in [0.15, 0.2) is 5.25 Å². The molecular formula is C35H53NO9S. The molecule has 1 unspecified atom stereocenters. The summed E-state index contributed by atoms with van der Waals surface area (Å²) in [6.07, 6.45) is 13.4. The molecule has 1 saturated heterocycles. The topological polar surface area (TPSA) is 144 Å². The highest BCUT2D eigenvalue weighted by molar-refractivity contribution is 7.87. The van der Waals surface area contributed by atoms with Crippen LogP contribution in [0.4, 0.5) is 0 Å². The number of ether oxygens (including phenoxy) is 1. The van der Waals surface area contributed by atoms with Gasteiger partial charge in [-0.15, -0.1) is 5.06 Å². The number of rotatable bonds is 11. The minimum absolute atomic E-state index is 0.0466. The first-order valence-electron chi connectivity index (χ1n) is 17.5. The van der Waals surface area contributed by atoms with Crippen LogP contribution in [0.25, 0.3) is 0 Å². The molecule has 10 nitrogen and oxygen atoms in total. The molecular weight excluding hydrogens is 610 g/mol. The highest BCUT2D eigenvalue weighted by atomic mass is 32.2. The Labute approximate surface area is 274 Å². The third-order valence-corrected chi connectivity index (χ3v) is 13.8. The molecule has 5 aliphatic rings. The Morgan fingerprint density at radius 1 is 0.978 bits per heavy atom. The third kappa shape index (κ3) is 6.82. The first kappa shape index (κ1) is 35.0. The third-order valence-electron chi connectivity index (χ3n) is 12.7. The highest BCUT2D eigenvalue weighted by Crippen LogP contribution is 2.67. The molecule has 0 bridgehead atoms. The Morgan fingerprint density at radius 2 is 1.70 bits per heavy atom. The van der Waals surface area contributed by atoms with E-state index in [1.54, 1.807) is 0 Å². The van der Waals surface area contributed by atoms with Gasteiger partial charge in [0.05, 0.1) is 19.3 Å². The monoisotopic (exact) mass is 663 g/mol. The van der Waals surface area contributed by atoms with Gasteiger partial charge in [0.25, 0.3) is 21.9 Å². The van der Waals surface area contributed by atoms with Crippen molar-refractivity contribution < 1.29 is 41.7 Å². The Bertz CT molecular complexity index is 1360. The van der Waals surface area contributed by atoms with Gasteiger partial charge in [-0.2, -0.15) is 8.42 Å². The lowest BCUT2D eigenvalue weighted by molar-refractivity contribution is -0.197. The van der Waals surface area contributed by atoms with E-state index >= 15 is 0 Å². The van der Waals surface area contributed by atoms with Crippen molar-refractivity contribution in [3.63, 3.8) is 0 Å². The van der Waals surface area contributed by atoms with Crippen LogP contribution in [0.3, 0.4) is 0 Å². The van der Waals surface area contributed by atoms with Crippen LogP contribution in [0.5, 0.6) is 0 Å². The lowest BCUT2D eigenvalue weighted by atomic mass is 9.47. The first-order chi connectivity index (χ1) is 21.5. The molecule has 1 aliphatic heterocycles. The SMILES string of the molecule is CC(C)CCC[C@@H](C)[C@H]1CC[C@H]2[C@@H]3CC=C4C[C@@H](OC(=O)CCC(=O)ON5C(=O)CC(S(=O)(=O)O)C5=O)CC[C@]4(C)[C@H]3CC[C@]12C. The van der Waals surface area contributed by atoms with Crippen molar-refractivity contribution in [3.05, 3.63) is 11.6 Å². The summed E-state index contributed by atoms with van der Waals surface area (Å²) in [5.74, 6) is 0.520. The molecule has 0 aromatic heterocycles. The van der Waals surface area contributed by atoms with Gasteiger partial charge in [0.2, 0.25) is 0 Å². The van der Waals surface area contributed by atoms with Crippen LogP contribution in [-0.2, 0) is 38.9 Å². The van der Waals surface area contributed by atoms with E-state index in [1.165, 1.54) is 50.5 Å². The summed E-state index contributed by atoms with van der Waals surface area (Å²) >= 11 is 0. The van der Waals surface area contributed by atoms with E-state index in [0.717, 1.165) is 42.9 Å². The van der Waals surface area contributed by atoms with Gasteiger partial charge in [-0.25, -0.2) is 4.79 Å². The Balaban J connectivity index is 1.12. The summed E-state index contributed by atoms with van der Waals surface area (Å²) < 4.78 is 37.5. The maximum atomic E-state index is 12.7. The molecule has 4 aliphatic carbocycles. The molecule has 1 heterocycles. The van der Waals surface area contributed by atoms with Crippen LogP contribution < -0.4 is 0 Å². The molecule has 0 aromatic carbocycles. The van der Waals surface area contributed by atoms with Gasteiger partial charge in [0.1, 0.15) is 6.10 Å². The fourth-order valence-corrected chi connectivity index (χ4v) is 11.0. The van der Waals surface area contributed by atoms with Crippen LogP contribution in [0, 0.1) is 46.3 Å². The number of hydrogen-bond acceptors (Lipinski definition) is 8. The van der Waals surface area contributed by atoms with Gasteiger partial charge >= 0.3 is 11.9 Å². The molecule has 2 amide bonds. The number of fused-ring (bicyclic) bond motifs is 5. The van der Waals surface area contributed by atoms with Gasteiger partial charge in [0, 0.05) is 6.42 Å². The molecule has 11 heteroatoms. The molecule has 0 aromatic rings. The number of carbonyl (C=O) groups excluding carboxylic acids is 4. The largest absolute Gasteiger partial charge is 0.462 e. The quantitative estimate of drug-likeness (QED) is 0.118.